The standard InChI is InChI=1S/C15H16ClNO/c1-10-7-11(2)15(8-14(10)17)18-9-12-3-5-13(16)6-4-12/h3-8H,9,17H2,1-2H3. The van der Waals surface area contributed by atoms with Crippen LogP contribution in [0.25, 0.3) is 0 Å². The highest BCUT2D eigenvalue weighted by atomic mass is 35.5. The Balaban J connectivity index is 2.10. The van der Waals surface area contributed by atoms with Crippen molar-refractivity contribution in [3.8, 4) is 5.75 Å². The van der Waals surface area contributed by atoms with Crippen molar-refractivity contribution in [1.29, 1.82) is 0 Å². The summed E-state index contributed by atoms with van der Waals surface area (Å²) in [5, 5.41) is 0.731. The minimum atomic E-state index is 0.514. The molecule has 2 aromatic rings. The molecular weight excluding hydrogens is 246 g/mol. The molecule has 18 heavy (non-hydrogen) atoms. The van der Waals surface area contributed by atoms with E-state index < -0.39 is 0 Å². The van der Waals surface area contributed by atoms with E-state index in [1.54, 1.807) is 0 Å². The number of ether oxygens (including phenoxy) is 1. The quantitative estimate of drug-likeness (QED) is 0.844. The van der Waals surface area contributed by atoms with Crippen molar-refractivity contribution in [2.24, 2.45) is 0 Å². The van der Waals surface area contributed by atoms with E-state index in [9.17, 15) is 0 Å². The summed E-state index contributed by atoms with van der Waals surface area (Å²) in [6, 6.07) is 11.5. The maximum absolute atomic E-state index is 5.88. The van der Waals surface area contributed by atoms with Crippen molar-refractivity contribution < 1.29 is 4.74 Å². The van der Waals surface area contributed by atoms with Crippen LogP contribution in [0.4, 0.5) is 5.69 Å². The second kappa shape index (κ2) is 5.32. The van der Waals surface area contributed by atoms with Gasteiger partial charge in [-0.1, -0.05) is 29.8 Å². The van der Waals surface area contributed by atoms with Crippen molar-refractivity contribution in [2.45, 2.75) is 20.5 Å². The molecular formula is C15H16ClNO. The smallest absolute Gasteiger partial charge is 0.124 e. The Morgan fingerprint density at radius 2 is 1.72 bits per heavy atom. The molecule has 0 radical (unpaired) electrons. The molecule has 0 aliphatic rings. The van der Waals surface area contributed by atoms with E-state index in [1.165, 1.54) is 0 Å². The lowest BCUT2D eigenvalue weighted by atomic mass is 10.1. The van der Waals surface area contributed by atoms with Crippen molar-refractivity contribution in [2.75, 3.05) is 5.73 Å². The first-order valence-corrected chi connectivity index (χ1v) is 6.18. The van der Waals surface area contributed by atoms with E-state index in [0.717, 1.165) is 33.1 Å². The Morgan fingerprint density at radius 3 is 2.39 bits per heavy atom. The topological polar surface area (TPSA) is 35.2 Å². The number of halogens is 1. The second-order valence-electron chi connectivity index (χ2n) is 4.39. The molecule has 0 saturated carbocycles. The van der Waals surface area contributed by atoms with Crippen LogP contribution in [0.3, 0.4) is 0 Å². The number of benzene rings is 2. The first kappa shape index (κ1) is 12.8. The van der Waals surface area contributed by atoms with Crippen LogP contribution in [-0.4, -0.2) is 0 Å². The molecule has 0 spiro atoms. The lowest BCUT2D eigenvalue weighted by Gasteiger charge is -2.11. The molecule has 94 valence electrons. The molecule has 0 atom stereocenters. The summed E-state index contributed by atoms with van der Waals surface area (Å²) in [4.78, 5) is 0. The summed E-state index contributed by atoms with van der Waals surface area (Å²) in [7, 11) is 0. The molecule has 0 aliphatic carbocycles. The van der Waals surface area contributed by atoms with Crippen LogP contribution in [0.2, 0.25) is 5.02 Å². The van der Waals surface area contributed by atoms with Crippen LogP contribution in [0.1, 0.15) is 16.7 Å². The van der Waals surface area contributed by atoms with E-state index >= 15 is 0 Å². The van der Waals surface area contributed by atoms with Gasteiger partial charge in [0.1, 0.15) is 12.4 Å². The molecule has 2 N–H and O–H groups in total. The van der Waals surface area contributed by atoms with Crippen molar-refractivity contribution in [1.82, 2.24) is 0 Å². The van der Waals surface area contributed by atoms with Gasteiger partial charge in [0.15, 0.2) is 0 Å². The highest BCUT2D eigenvalue weighted by Crippen LogP contribution is 2.25. The fourth-order valence-electron chi connectivity index (χ4n) is 1.75. The maximum atomic E-state index is 5.88. The van der Waals surface area contributed by atoms with Gasteiger partial charge in [-0.25, -0.2) is 0 Å². The van der Waals surface area contributed by atoms with E-state index in [4.69, 9.17) is 22.1 Å². The van der Waals surface area contributed by atoms with Gasteiger partial charge in [-0.2, -0.15) is 0 Å². The van der Waals surface area contributed by atoms with Crippen LogP contribution in [0.5, 0.6) is 5.75 Å². The molecule has 2 rings (SSSR count). The Bertz CT molecular complexity index is 549. The molecule has 2 aromatic carbocycles. The predicted molar refractivity (Wildman–Crippen MR) is 76.1 cm³/mol. The Morgan fingerprint density at radius 1 is 1.06 bits per heavy atom. The lowest BCUT2D eigenvalue weighted by Crippen LogP contribution is -1.99. The molecule has 2 nitrogen and oxygen atoms in total. The molecule has 0 fully saturated rings. The average Bonchev–Trinajstić information content (AvgIpc) is 2.34. The molecule has 0 bridgehead atoms. The van der Waals surface area contributed by atoms with Crippen LogP contribution in [-0.2, 0) is 6.61 Å². The van der Waals surface area contributed by atoms with Gasteiger partial charge in [0.25, 0.3) is 0 Å². The largest absolute Gasteiger partial charge is 0.489 e. The number of nitrogen functional groups attached to an aromatic ring is 1. The van der Waals surface area contributed by atoms with Crippen molar-refractivity contribution in [3.05, 3.63) is 58.1 Å². The van der Waals surface area contributed by atoms with Crippen LogP contribution in [0, 0.1) is 13.8 Å². The van der Waals surface area contributed by atoms with Gasteiger partial charge in [-0.15, -0.1) is 0 Å². The van der Waals surface area contributed by atoms with Crippen LogP contribution < -0.4 is 10.5 Å². The molecule has 3 heteroatoms. The predicted octanol–water partition coefficient (Wildman–Crippen LogP) is 4.12. The first-order valence-electron chi connectivity index (χ1n) is 5.80. The van der Waals surface area contributed by atoms with Gasteiger partial charge in [-0.3, -0.25) is 0 Å². The van der Waals surface area contributed by atoms with Crippen molar-refractivity contribution >= 4 is 17.3 Å². The van der Waals surface area contributed by atoms with E-state index in [0.29, 0.717) is 6.61 Å². The molecule has 0 saturated heterocycles. The Kier molecular flexibility index (Phi) is 3.78. The highest BCUT2D eigenvalue weighted by Gasteiger charge is 2.04. The summed E-state index contributed by atoms with van der Waals surface area (Å²) in [6.45, 7) is 4.52. The van der Waals surface area contributed by atoms with E-state index in [2.05, 4.69) is 0 Å². The zero-order chi connectivity index (χ0) is 13.1. The zero-order valence-electron chi connectivity index (χ0n) is 10.5. The minimum absolute atomic E-state index is 0.514. The van der Waals surface area contributed by atoms with E-state index in [-0.39, 0.29) is 0 Å². The van der Waals surface area contributed by atoms with Gasteiger partial charge in [0.2, 0.25) is 0 Å². The third kappa shape index (κ3) is 2.96. The number of hydrogen-bond acceptors (Lipinski definition) is 2. The molecule has 0 heterocycles. The SMILES string of the molecule is Cc1cc(C)c(OCc2ccc(Cl)cc2)cc1N. The van der Waals surface area contributed by atoms with Gasteiger partial charge in [0, 0.05) is 16.8 Å². The van der Waals surface area contributed by atoms with Gasteiger partial charge in [0.05, 0.1) is 0 Å². The third-order valence-electron chi connectivity index (χ3n) is 2.87. The summed E-state index contributed by atoms with van der Waals surface area (Å²) < 4.78 is 5.78. The molecule has 0 unspecified atom stereocenters. The zero-order valence-corrected chi connectivity index (χ0v) is 11.3. The number of anilines is 1. The molecule has 0 aliphatic heterocycles. The van der Waals surface area contributed by atoms with Crippen molar-refractivity contribution in [3.63, 3.8) is 0 Å². The Labute approximate surface area is 112 Å². The number of nitrogens with two attached hydrogens (primary N) is 1. The fraction of sp³-hybridized carbons (Fsp3) is 0.200. The van der Waals surface area contributed by atoms with Gasteiger partial charge < -0.3 is 10.5 Å². The van der Waals surface area contributed by atoms with Crippen LogP contribution >= 0.6 is 11.6 Å². The average molecular weight is 262 g/mol. The van der Waals surface area contributed by atoms with Gasteiger partial charge >= 0.3 is 0 Å². The monoisotopic (exact) mass is 261 g/mol. The number of aryl methyl sites for hydroxylation is 2. The summed E-state index contributed by atoms with van der Waals surface area (Å²) in [6.07, 6.45) is 0. The fourth-order valence-corrected chi connectivity index (χ4v) is 1.87. The van der Waals surface area contributed by atoms with Gasteiger partial charge in [-0.05, 0) is 42.7 Å². The lowest BCUT2D eigenvalue weighted by molar-refractivity contribution is 0.304. The second-order valence-corrected chi connectivity index (χ2v) is 4.83. The highest BCUT2D eigenvalue weighted by molar-refractivity contribution is 6.30. The number of rotatable bonds is 3. The molecule has 0 aromatic heterocycles. The third-order valence-corrected chi connectivity index (χ3v) is 3.12. The summed E-state index contributed by atoms with van der Waals surface area (Å²) in [5.74, 6) is 0.827. The Hall–Kier alpha value is -1.67. The maximum Gasteiger partial charge on any atom is 0.124 e. The molecule has 0 amide bonds. The summed E-state index contributed by atoms with van der Waals surface area (Å²) in [5.41, 5.74) is 9.89. The summed E-state index contributed by atoms with van der Waals surface area (Å²) >= 11 is 5.83. The minimum Gasteiger partial charge on any atom is -0.489 e. The van der Waals surface area contributed by atoms with E-state index in [1.807, 2.05) is 50.2 Å². The number of hydrogen-bond donors (Lipinski definition) is 1. The normalized spacial score (nSPS) is 10.4. The van der Waals surface area contributed by atoms with Crippen LogP contribution in [0.15, 0.2) is 36.4 Å². The first-order chi connectivity index (χ1) is 8.56.